The monoisotopic (exact) mass is 368 g/mol. The Kier molecular flexibility index (Phi) is 4.63. The first-order chi connectivity index (χ1) is 13.0. The minimum Gasteiger partial charge on any atom is -0.353 e. The summed E-state index contributed by atoms with van der Waals surface area (Å²) >= 11 is 0. The Hall–Kier alpha value is -2.77. The standard InChI is InChI=1S/C19H24N6O2/c1-12-16(19(27)23-13(2)22-12)7-18(26)25-10-14-3-4-15(25)11-24(9-14)17-8-20-5-6-21-17/h5-6,8,14-15H,3-4,7,9-11H2,1-2H3,(H,22,23,27)/t14-,15+/m0/s1. The number of hydrogen-bond donors (Lipinski definition) is 1. The third kappa shape index (κ3) is 3.56. The van der Waals surface area contributed by atoms with Crippen molar-refractivity contribution in [1.29, 1.82) is 0 Å². The Bertz CT molecular complexity index is 897. The molecule has 0 radical (unpaired) electrons. The molecule has 0 aromatic carbocycles. The zero-order valence-corrected chi connectivity index (χ0v) is 15.7. The van der Waals surface area contributed by atoms with Gasteiger partial charge in [0.15, 0.2) is 0 Å². The van der Waals surface area contributed by atoms with Crippen LogP contribution < -0.4 is 10.5 Å². The van der Waals surface area contributed by atoms with Gasteiger partial charge in [-0.1, -0.05) is 0 Å². The number of hydrogen-bond acceptors (Lipinski definition) is 6. The second kappa shape index (κ2) is 7.09. The number of piperidine rings is 1. The molecule has 3 saturated heterocycles. The van der Waals surface area contributed by atoms with Crippen molar-refractivity contribution in [2.75, 3.05) is 24.5 Å². The predicted octanol–water partition coefficient (Wildman–Crippen LogP) is 0.847. The first kappa shape index (κ1) is 17.6. The number of amides is 1. The van der Waals surface area contributed by atoms with Crippen molar-refractivity contribution in [1.82, 2.24) is 24.8 Å². The molecular formula is C19H24N6O2. The second-order valence-corrected chi connectivity index (χ2v) is 7.50. The van der Waals surface area contributed by atoms with Crippen molar-refractivity contribution in [3.63, 3.8) is 0 Å². The van der Waals surface area contributed by atoms with E-state index in [0.29, 0.717) is 23.0 Å². The quantitative estimate of drug-likeness (QED) is 0.863. The fourth-order valence-electron chi connectivity index (χ4n) is 4.24. The van der Waals surface area contributed by atoms with Gasteiger partial charge in [0.25, 0.3) is 5.56 Å². The van der Waals surface area contributed by atoms with Crippen LogP contribution in [0.25, 0.3) is 0 Å². The highest BCUT2D eigenvalue weighted by Gasteiger charge is 2.37. The van der Waals surface area contributed by atoms with Gasteiger partial charge in [-0.05, 0) is 32.6 Å². The third-order valence-corrected chi connectivity index (χ3v) is 5.58. The van der Waals surface area contributed by atoms with Gasteiger partial charge < -0.3 is 14.8 Å². The van der Waals surface area contributed by atoms with Crippen LogP contribution >= 0.6 is 0 Å². The van der Waals surface area contributed by atoms with E-state index in [1.54, 1.807) is 32.4 Å². The van der Waals surface area contributed by atoms with Crippen LogP contribution in [0.4, 0.5) is 5.82 Å². The van der Waals surface area contributed by atoms with E-state index in [9.17, 15) is 9.59 Å². The SMILES string of the molecule is Cc1nc(C)c(CC(=O)N2C[C@H]3CC[C@@H]2CN(c2cnccn2)C3)c(=O)[nH]1. The van der Waals surface area contributed by atoms with E-state index < -0.39 is 0 Å². The van der Waals surface area contributed by atoms with Gasteiger partial charge in [0.05, 0.1) is 12.6 Å². The molecule has 8 heteroatoms. The maximum Gasteiger partial charge on any atom is 0.254 e. The fourth-order valence-corrected chi connectivity index (χ4v) is 4.24. The van der Waals surface area contributed by atoms with Gasteiger partial charge in [0.2, 0.25) is 5.91 Å². The molecule has 27 heavy (non-hydrogen) atoms. The summed E-state index contributed by atoms with van der Waals surface area (Å²) in [4.78, 5) is 45.1. The number of anilines is 1. The van der Waals surface area contributed by atoms with E-state index in [2.05, 4.69) is 24.8 Å². The molecule has 0 aliphatic carbocycles. The Labute approximate surface area is 157 Å². The summed E-state index contributed by atoms with van der Waals surface area (Å²) in [6, 6.07) is 0.135. The van der Waals surface area contributed by atoms with E-state index >= 15 is 0 Å². The highest BCUT2D eigenvalue weighted by Crippen LogP contribution is 2.30. The third-order valence-electron chi connectivity index (χ3n) is 5.58. The molecule has 5 heterocycles. The van der Waals surface area contributed by atoms with Crippen molar-refractivity contribution < 1.29 is 4.79 Å². The van der Waals surface area contributed by atoms with Crippen LogP contribution in [0.5, 0.6) is 0 Å². The zero-order valence-electron chi connectivity index (χ0n) is 15.7. The van der Waals surface area contributed by atoms with Crippen LogP contribution in [0.1, 0.15) is 29.9 Å². The van der Waals surface area contributed by atoms with Crippen molar-refractivity contribution in [3.05, 3.63) is 46.0 Å². The number of aromatic amines is 1. The lowest BCUT2D eigenvalue weighted by Gasteiger charge is -2.36. The zero-order chi connectivity index (χ0) is 19.0. The van der Waals surface area contributed by atoms with Crippen LogP contribution in [-0.2, 0) is 11.2 Å². The lowest BCUT2D eigenvalue weighted by Crippen LogP contribution is -2.48. The summed E-state index contributed by atoms with van der Waals surface area (Å²) in [5, 5.41) is 0. The van der Waals surface area contributed by atoms with E-state index in [-0.39, 0.29) is 23.9 Å². The smallest absolute Gasteiger partial charge is 0.254 e. The summed E-state index contributed by atoms with van der Waals surface area (Å²) in [7, 11) is 0. The molecule has 2 aromatic rings. The number of carbonyl (C=O) groups excluding carboxylic acids is 1. The number of H-pyrrole nitrogens is 1. The highest BCUT2D eigenvalue weighted by atomic mass is 16.2. The number of fused-ring (bicyclic) bond motifs is 4. The number of aryl methyl sites for hydroxylation is 2. The topological polar surface area (TPSA) is 95.1 Å². The number of carbonyl (C=O) groups is 1. The molecule has 142 valence electrons. The number of rotatable bonds is 3. The molecule has 2 aromatic heterocycles. The molecular weight excluding hydrogens is 344 g/mol. The molecule has 0 unspecified atom stereocenters. The molecule has 8 nitrogen and oxygen atoms in total. The Morgan fingerprint density at radius 1 is 1.22 bits per heavy atom. The summed E-state index contributed by atoms with van der Waals surface area (Å²) in [5.41, 5.74) is 0.886. The van der Waals surface area contributed by atoms with E-state index in [1.807, 2.05) is 4.90 Å². The second-order valence-electron chi connectivity index (χ2n) is 7.50. The molecule has 3 fully saturated rings. The Balaban J connectivity index is 1.53. The summed E-state index contributed by atoms with van der Waals surface area (Å²) < 4.78 is 0. The minimum absolute atomic E-state index is 0.00458. The van der Waals surface area contributed by atoms with E-state index in [1.165, 1.54) is 0 Å². The van der Waals surface area contributed by atoms with Gasteiger partial charge in [0, 0.05) is 49.3 Å². The van der Waals surface area contributed by atoms with Crippen LogP contribution in [-0.4, -0.2) is 56.4 Å². The molecule has 2 bridgehead atoms. The summed E-state index contributed by atoms with van der Waals surface area (Å²) in [6.07, 6.45) is 7.33. The maximum atomic E-state index is 13.0. The van der Waals surface area contributed by atoms with Gasteiger partial charge >= 0.3 is 0 Å². The first-order valence-electron chi connectivity index (χ1n) is 9.38. The van der Waals surface area contributed by atoms with Gasteiger partial charge in [-0.3, -0.25) is 14.6 Å². The van der Waals surface area contributed by atoms with E-state index in [4.69, 9.17) is 0 Å². The maximum absolute atomic E-state index is 13.0. The molecule has 0 spiro atoms. The van der Waals surface area contributed by atoms with Crippen molar-refractivity contribution in [2.45, 2.75) is 39.2 Å². The lowest BCUT2D eigenvalue weighted by molar-refractivity contribution is -0.134. The summed E-state index contributed by atoms with van der Waals surface area (Å²) in [6.45, 7) is 5.90. The van der Waals surface area contributed by atoms with Crippen LogP contribution in [0.2, 0.25) is 0 Å². The van der Waals surface area contributed by atoms with Gasteiger partial charge in [-0.15, -0.1) is 0 Å². The Morgan fingerprint density at radius 2 is 2.07 bits per heavy atom. The molecule has 3 aliphatic heterocycles. The average Bonchev–Trinajstić information content (AvgIpc) is 2.97. The van der Waals surface area contributed by atoms with Crippen molar-refractivity contribution >= 4 is 11.7 Å². The molecule has 1 N–H and O–H groups in total. The molecule has 5 rings (SSSR count). The fraction of sp³-hybridized carbons (Fsp3) is 0.526. The normalized spacial score (nSPS) is 22.0. The largest absolute Gasteiger partial charge is 0.353 e. The highest BCUT2D eigenvalue weighted by molar-refractivity contribution is 5.79. The molecule has 2 atom stereocenters. The van der Waals surface area contributed by atoms with Crippen molar-refractivity contribution in [2.24, 2.45) is 5.92 Å². The van der Waals surface area contributed by atoms with Crippen LogP contribution in [0.15, 0.2) is 23.4 Å². The molecule has 0 saturated carbocycles. The molecule has 1 amide bonds. The van der Waals surface area contributed by atoms with Crippen molar-refractivity contribution in [3.8, 4) is 0 Å². The lowest BCUT2D eigenvalue weighted by atomic mass is 9.94. The predicted molar refractivity (Wildman–Crippen MR) is 101 cm³/mol. The van der Waals surface area contributed by atoms with Crippen LogP contribution in [0.3, 0.4) is 0 Å². The van der Waals surface area contributed by atoms with Gasteiger partial charge in [-0.25, -0.2) is 9.97 Å². The van der Waals surface area contributed by atoms with E-state index in [0.717, 1.165) is 38.3 Å². The Morgan fingerprint density at radius 3 is 2.81 bits per heavy atom. The minimum atomic E-state index is -0.213. The number of aromatic nitrogens is 4. The average molecular weight is 368 g/mol. The van der Waals surface area contributed by atoms with Gasteiger partial charge in [-0.2, -0.15) is 0 Å². The summed E-state index contributed by atoms with van der Waals surface area (Å²) in [5.74, 6) is 1.84. The number of nitrogens with one attached hydrogen (secondary N) is 1. The first-order valence-corrected chi connectivity index (χ1v) is 9.38. The molecule has 3 aliphatic rings. The van der Waals surface area contributed by atoms with Crippen LogP contribution in [0, 0.1) is 19.8 Å². The van der Waals surface area contributed by atoms with Gasteiger partial charge in [0.1, 0.15) is 11.6 Å². The number of nitrogens with zero attached hydrogens (tertiary/aromatic N) is 5.